The van der Waals surface area contributed by atoms with Crippen molar-refractivity contribution in [3.8, 4) is 5.75 Å². The Bertz CT molecular complexity index is 1050. The van der Waals surface area contributed by atoms with Gasteiger partial charge in [-0.25, -0.2) is 0 Å². The van der Waals surface area contributed by atoms with Gasteiger partial charge in [-0.1, -0.05) is 23.9 Å². The molecule has 0 saturated carbocycles. The third kappa shape index (κ3) is 6.32. The van der Waals surface area contributed by atoms with Crippen molar-refractivity contribution in [2.45, 2.75) is 32.0 Å². The van der Waals surface area contributed by atoms with Crippen LogP contribution >= 0.6 is 11.8 Å². The van der Waals surface area contributed by atoms with E-state index in [1.165, 1.54) is 11.8 Å². The van der Waals surface area contributed by atoms with Crippen molar-refractivity contribution in [3.05, 3.63) is 59.9 Å². The number of nitrogens with zero attached hydrogens (tertiary/aromatic N) is 3. The lowest BCUT2D eigenvalue weighted by Gasteiger charge is -2.09. The summed E-state index contributed by atoms with van der Waals surface area (Å²) in [5, 5.41) is 14.6. The van der Waals surface area contributed by atoms with Gasteiger partial charge in [0.1, 0.15) is 11.6 Å². The summed E-state index contributed by atoms with van der Waals surface area (Å²) in [7, 11) is 1.59. The van der Waals surface area contributed by atoms with E-state index in [-0.39, 0.29) is 24.0 Å². The Balaban J connectivity index is 1.56. The van der Waals surface area contributed by atoms with Crippen LogP contribution in [0.3, 0.4) is 0 Å². The topological polar surface area (TPSA) is 98.1 Å². The lowest BCUT2D eigenvalue weighted by Crippen LogP contribution is -2.18. The molecule has 2 N–H and O–H groups in total. The van der Waals surface area contributed by atoms with Gasteiger partial charge in [-0.15, -0.1) is 10.2 Å². The maximum atomic E-state index is 12.4. The summed E-state index contributed by atoms with van der Waals surface area (Å²) in [4.78, 5) is 24.7. The highest BCUT2D eigenvalue weighted by Gasteiger charge is 2.16. The molecule has 3 rings (SSSR count). The number of anilines is 2. The van der Waals surface area contributed by atoms with Gasteiger partial charge in [-0.3, -0.25) is 9.59 Å². The molecule has 3 aromatic rings. The van der Waals surface area contributed by atoms with Gasteiger partial charge in [-0.05, 0) is 55.8 Å². The van der Waals surface area contributed by atoms with Crippen molar-refractivity contribution >= 4 is 35.0 Å². The number of hydrogen-bond donors (Lipinski definition) is 2. The molecule has 0 aliphatic carbocycles. The number of aromatic nitrogens is 3. The number of carbonyl (C=O) groups is 2. The fourth-order valence-corrected chi connectivity index (χ4v) is 3.77. The van der Waals surface area contributed by atoms with Crippen molar-refractivity contribution in [1.29, 1.82) is 0 Å². The van der Waals surface area contributed by atoms with Crippen LogP contribution in [-0.4, -0.2) is 39.4 Å². The lowest BCUT2D eigenvalue weighted by atomic mass is 10.2. The van der Waals surface area contributed by atoms with Crippen LogP contribution < -0.4 is 15.4 Å². The van der Waals surface area contributed by atoms with Gasteiger partial charge in [0.2, 0.25) is 11.8 Å². The van der Waals surface area contributed by atoms with Gasteiger partial charge >= 0.3 is 0 Å². The second-order valence-corrected chi connectivity index (χ2v) is 7.75. The first-order chi connectivity index (χ1) is 15.0. The average Bonchev–Trinajstić information content (AvgIpc) is 3.14. The number of hydrogen-bond acceptors (Lipinski definition) is 6. The number of ether oxygens (including phenoxy) is 1. The van der Waals surface area contributed by atoms with Gasteiger partial charge in [0.05, 0.1) is 19.3 Å². The average molecular weight is 440 g/mol. The van der Waals surface area contributed by atoms with E-state index >= 15 is 0 Å². The standard InChI is InChI=1S/C22H25N5O3S/c1-4-27-19(13-20(28)23-16-8-10-18(30-3)11-9-16)25-26-22(27)31-14-21(29)24-17-7-5-6-15(2)12-17/h5-12H,4,13-14H2,1-3H3,(H,23,28)(H,24,29). The molecule has 0 aliphatic rings. The summed E-state index contributed by atoms with van der Waals surface area (Å²) in [6, 6.07) is 14.7. The van der Waals surface area contributed by atoms with Crippen LogP contribution in [0.2, 0.25) is 0 Å². The summed E-state index contributed by atoms with van der Waals surface area (Å²) < 4.78 is 6.96. The summed E-state index contributed by atoms with van der Waals surface area (Å²) in [5.41, 5.74) is 2.52. The van der Waals surface area contributed by atoms with Gasteiger partial charge in [0.25, 0.3) is 0 Å². The number of benzene rings is 2. The Hall–Kier alpha value is -3.33. The number of methoxy groups -OCH3 is 1. The second-order valence-electron chi connectivity index (χ2n) is 6.80. The van der Waals surface area contributed by atoms with Crippen molar-refractivity contribution < 1.29 is 14.3 Å². The van der Waals surface area contributed by atoms with Crippen molar-refractivity contribution in [1.82, 2.24) is 14.8 Å². The second kappa shape index (κ2) is 10.6. The third-order valence-corrected chi connectivity index (χ3v) is 5.40. The number of rotatable bonds is 9. The molecule has 0 aliphatic heterocycles. The molecule has 1 heterocycles. The largest absolute Gasteiger partial charge is 0.497 e. The first-order valence-electron chi connectivity index (χ1n) is 9.83. The fraction of sp³-hybridized carbons (Fsp3) is 0.273. The van der Waals surface area contributed by atoms with Gasteiger partial charge in [0.15, 0.2) is 5.16 Å². The molecule has 162 valence electrons. The SMILES string of the molecule is CCn1c(CC(=O)Nc2ccc(OC)cc2)nnc1SCC(=O)Nc1cccc(C)c1. The molecule has 0 atom stereocenters. The highest BCUT2D eigenvalue weighted by Crippen LogP contribution is 2.19. The molecule has 0 spiro atoms. The van der Waals surface area contributed by atoms with E-state index in [2.05, 4.69) is 20.8 Å². The molecule has 31 heavy (non-hydrogen) atoms. The van der Waals surface area contributed by atoms with Crippen LogP contribution in [0.15, 0.2) is 53.7 Å². The Kier molecular flexibility index (Phi) is 7.66. The quantitative estimate of drug-likeness (QED) is 0.495. The van der Waals surface area contributed by atoms with Crippen LogP contribution in [-0.2, 0) is 22.6 Å². The minimum absolute atomic E-state index is 0.0862. The highest BCUT2D eigenvalue weighted by atomic mass is 32.2. The molecule has 0 fully saturated rings. The fourth-order valence-electron chi connectivity index (χ4n) is 2.95. The highest BCUT2D eigenvalue weighted by molar-refractivity contribution is 7.99. The van der Waals surface area contributed by atoms with Crippen LogP contribution in [0, 0.1) is 6.92 Å². The normalized spacial score (nSPS) is 10.5. The van der Waals surface area contributed by atoms with Crippen LogP contribution in [0.1, 0.15) is 18.3 Å². The van der Waals surface area contributed by atoms with E-state index in [4.69, 9.17) is 4.74 Å². The summed E-state index contributed by atoms with van der Waals surface area (Å²) >= 11 is 1.29. The number of nitrogens with one attached hydrogen (secondary N) is 2. The molecule has 2 aromatic carbocycles. The Morgan fingerprint density at radius 1 is 1.03 bits per heavy atom. The smallest absolute Gasteiger partial charge is 0.234 e. The first kappa shape index (κ1) is 22.4. The Morgan fingerprint density at radius 2 is 1.77 bits per heavy atom. The number of carbonyl (C=O) groups excluding carboxylic acids is 2. The number of aryl methyl sites for hydroxylation is 1. The van der Waals surface area contributed by atoms with E-state index in [1.807, 2.05) is 42.7 Å². The van der Waals surface area contributed by atoms with E-state index in [0.29, 0.717) is 23.2 Å². The van der Waals surface area contributed by atoms with Crippen LogP contribution in [0.4, 0.5) is 11.4 Å². The minimum Gasteiger partial charge on any atom is -0.497 e. The van der Waals surface area contributed by atoms with E-state index in [9.17, 15) is 9.59 Å². The molecular weight excluding hydrogens is 414 g/mol. The predicted octanol–water partition coefficient (Wildman–Crippen LogP) is 3.53. The summed E-state index contributed by atoms with van der Waals surface area (Å²) in [5.74, 6) is 1.15. The monoisotopic (exact) mass is 439 g/mol. The maximum absolute atomic E-state index is 12.4. The van der Waals surface area contributed by atoms with Crippen molar-refractivity contribution in [3.63, 3.8) is 0 Å². The van der Waals surface area contributed by atoms with E-state index in [1.54, 1.807) is 31.4 Å². The van der Waals surface area contributed by atoms with Crippen molar-refractivity contribution in [2.24, 2.45) is 0 Å². The van der Waals surface area contributed by atoms with Gasteiger partial charge in [0, 0.05) is 17.9 Å². The van der Waals surface area contributed by atoms with Crippen LogP contribution in [0.25, 0.3) is 0 Å². The number of thioether (sulfide) groups is 1. The predicted molar refractivity (Wildman–Crippen MR) is 122 cm³/mol. The molecule has 9 heteroatoms. The molecular formula is C22H25N5O3S. The lowest BCUT2D eigenvalue weighted by molar-refractivity contribution is -0.116. The molecule has 0 bridgehead atoms. The van der Waals surface area contributed by atoms with Crippen LogP contribution in [0.5, 0.6) is 5.75 Å². The molecule has 2 amide bonds. The van der Waals surface area contributed by atoms with Gasteiger partial charge in [-0.2, -0.15) is 0 Å². The zero-order valence-electron chi connectivity index (χ0n) is 17.7. The first-order valence-corrected chi connectivity index (χ1v) is 10.8. The molecule has 0 radical (unpaired) electrons. The summed E-state index contributed by atoms with van der Waals surface area (Å²) in [6.45, 7) is 4.52. The zero-order chi connectivity index (χ0) is 22.2. The molecule has 0 unspecified atom stereocenters. The zero-order valence-corrected chi connectivity index (χ0v) is 18.5. The Labute approximate surface area is 185 Å². The number of amides is 2. The maximum Gasteiger partial charge on any atom is 0.234 e. The molecule has 8 nitrogen and oxygen atoms in total. The minimum atomic E-state index is -0.194. The van der Waals surface area contributed by atoms with E-state index in [0.717, 1.165) is 17.0 Å². The third-order valence-electron chi connectivity index (χ3n) is 4.44. The molecule has 0 saturated heterocycles. The van der Waals surface area contributed by atoms with Gasteiger partial charge < -0.3 is 19.9 Å². The van der Waals surface area contributed by atoms with Crippen molar-refractivity contribution in [2.75, 3.05) is 23.5 Å². The summed E-state index contributed by atoms with van der Waals surface area (Å²) in [6.07, 6.45) is 0.0862. The van der Waals surface area contributed by atoms with E-state index < -0.39 is 0 Å². The molecule has 1 aromatic heterocycles. The Morgan fingerprint density at radius 3 is 2.45 bits per heavy atom.